The van der Waals surface area contributed by atoms with Gasteiger partial charge in [-0.25, -0.2) is 0 Å². The van der Waals surface area contributed by atoms with Crippen LogP contribution in [0, 0.1) is 0 Å². The third kappa shape index (κ3) is 2.81. The lowest BCUT2D eigenvalue weighted by Crippen LogP contribution is -2.21. The first-order valence-electron chi connectivity index (χ1n) is 5.66. The molecule has 0 fully saturated rings. The second-order valence-corrected chi connectivity index (χ2v) is 5.49. The fourth-order valence-electron chi connectivity index (χ4n) is 1.88. The van der Waals surface area contributed by atoms with Gasteiger partial charge in [-0.3, -0.25) is 4.79 Å². The molecule has 92 valence electrons. The molecule has 0 aliphatic rings. The van der Waals surface area contributed by atoms with Gasteiger partial charge in [-0.2, -0.15) is 0 Å². The quantitative estimate of drug-likeness (QED) is 0.625. The van der Waals surface area contributed by atoms with Crippen LogP contribution in [0.15, 0.2) is 60.7 Å². The summed E-state index contributed by atoms with van der Waals surface area (Å²) in [6.45, 7) is 0. The molecule has 18 heavy (non-hydrogen) atoms. The fraction of sp³-hybridized carbons (Fsp3) is 0.133. The van der Waals surface area contributed by atoms with Crippen LogP contribution in [0.4, 0.5) is 0 Å². The van der Waals surface area contributed by atoms with Gasteiger partial charge in [0, 0.05) is 11.1 Å². The van der Waals surface area contributed by atoms with E-state index in [1.54, 1.807) is 18.4 Å². The summed E-state index contributed by atoms with van der Waals surface area (Å²) in [7, 11) is 0. The minimum Gasteiger partial charge on any atom is -0.616 e. The molecule has 0 radical (unpaired) electrons. The van der Waals surface area contributed by atoms with Gasteiger partial charge >= 0.3 is 0 Å². The molecule has 2 aromatic carbocycles. The first kappa shape index (κ1) is 12.9. The zero-order valence-corrected chi connectivity index (χ0v) is 10.9. The summed E-state index contributed by atoms with van der Waals surface area (Å²) in [5.41, 5.74) is 1.40. The van der Waals surface area contributed by atoms with E-state index in [2.05, 4.69) is 0 Å². The molecule has 3 heteroatoms. The molecule has 2 atom stereocenters. The maximum absolute atomic E-state index is 12.4. The predicted molar refractivity (Wildman–Crippen MR) is 74.0 cm³/mol. The highest BCUT2D eigenvalue weighted by Crippen LogP contribution is 2.25. The lowest BCUT2D eigenvalue weighted by Gasteiger charge is -2.17. The Kier molecular flexibility index (Phi) is 4.18. The van der Waals surface area contributed by atoms with E-state index in [0.717, 1.165) is 5.56 Å². The number of rotatable bonds is 4. The van der Waals surface area contributed by atoms with Crippen LogP contribution in [-0.4, -0.2) is 16.6 Å². The van der Waals surface area contributed by atoms with Crippen LogP contribution < -0.4 is 0 Å². The van der Waals surface area contributed by atoms with Gasteiger partial charge in [0.2, 0.25) is 11.0 Å². The summed E-state index contributed by atoms with van der Waals surface area (Å²) in [6, 6.07) is 18.3. The summed E-state index contributed by atoms with van der Waals surface area (Å²) < 4.78 is 11.8. The van der Waals surface area contributed by atoms with E-state index < -0.39 is 16.4 Å². The SMILES string of the molecule is C[S+]([O-])C(C(=O)c1ccccc1)c1ccccc1. The van der Waals surface area contributed by atoms with Crippen LogP contribution in [0.5, 0.6) is 0 Å². The number of Topliss-reactive ketones (excluding diaryl/α,β-unsaturated/α-hetero) is 1. The molecule has 0 saturated heterocycles. The Morgan fingerprint density at radius 3 is 2.00 bits per heavy atom. The van der Waals surface area contributed by atoms with E-state index in [-0.39, 0.29) is 5.78 Å². The number of benzene rings is 2. The fourth-order valence-corrected chi connectivity index (χ4v) is 2.85. The summed E-state index contributed by atoms with van der Waals surface area (Å²) in [4.78, 5) is 12.4. The molecule has 0 amide bonds. The molecule has 0 aliphatic heterocycles. The van der Waals surface area contributed by atoms with Crippen molar-refractivity contribution < 1.29 is 9.35 Å². The Bertz CT molecular complexity index is 509. The molecule has 0 spiro atoms. The first-order chi connectivity index (χ1) is 8.70. The average molecular weight is 258 g/mol. The van der Waals surface area contributed by atoms with E-state index >= 15 is 0 Å². The minimum absolute atomic E-state index is 0.0948. The molecule has 2 unspecified atom stereocenters. The Morgan fingerprint density at radius 1 is 1.00 bits per heavy atom. The molecule has 0 aliphatic carbocycles. The van der Waals surface area contributed by atoms with Crippen molar-refractivity contribution in [1.29, 1.82) is 0 Å². The third-order valence-electron chi connectivity index (χ3n) is 2.73. The van der Waals surface area contributed by atoms with Crippen molar-refractivity contribution in [2.45, 2.75) is 5.25 Å². The molecular weight excluding hydrogens is 244 g/mol. The highest BCUT2D eigenvalue weighted by Gasteiger charge is 2.29. The number of hydrogen-bond donors (Lipinski definition) is 0. The van der Waals surface area contributed by atoms with Crippen molar-refractivity contribution >= 4 is 17.0 Å². The number of ketones is 1. The Morgan fingerprint density at radius 2 is 1.50 bits per heavy atom. The van der Waals surface area contributed by atoms with Gasteiger partial charge < -0.3 is 4.55 Å². The second-order valence-electron chi connectivity index (χ2n) is 4.02. The number of carbonyl (C=O) groups is 1. The van der Waals surface area contributed by atoms with Gasteiger partial charge in [0.15, 0.2) is 0 Å². The molecule has 0 saturated carbocycles. The molecule has 0 N–H and O–H groups in total. The maximum Gasteiger partial charge on any atom is 0.219 e. The zero-order valence-electron chi connectivity index (χ0n) is 10.1. The smallest absolute Gasteiger partial charge is 0.219 e. The minimum atomic E-state index is -1.23. The summed E-state index contributed by atoms with van der Waals surface area (Å²) >= 11 is -1.23. The number of hydrogen-bond acceptors (Lipinski definition) is 2. The van der Waals surface area contributed by atoms with Crippen LogP contribution in [0.25, 0.3) is 0 Å². The van der Waals surface area contributed by atoms with Crippen molar-refractivity contribution in [2.24, 2.45) is 0 Å². The van der Waals surface area contributed by atoms with E-state index in [4.69, 9.17) is 0 Å². The predicted octanol–water partition coefficient (Wildman–Crippen LogP) is 2.99. The van der Waals surface area contributed by atoms with E-state index in [9.17, 15) is 9.35 Å². The maximum atomic E-state index is 12.4. The summed E-state index contributed by atoms with van der Waals surface area (Å²) in [5, 5.41) is -0.589. The Hall–Kier alpha value is -1.58. The Balaban J connectivity index is 2.35. The van der Waals surface area contributed by atoms with E-state index in [1.165, 1.54) is 0 Å². The van der Waals surface area contributed by atoms with E-state index in [1.807, 2.05) is 48.5 Å². The lowest BCUT2D eigenvalue weighted by molar-refractivity contribution is 0.0987. The molecule has 0 aromatic heterocycles. The van der Waals surface area contributed by atoms with Gasteiger partial charge in [-0.1, -0.05) is 60.7 Å². The van der Waals surface area contributed by atoms with Crippen molar-refractivity contribution in [3.05, 3.63) is 71.8 Å². The summed E-state index contributed by atoms with van der Waals surface area (Å²) in [6.07, 6.45) is 1.57. The molecule has 2 aromatic rings. The standard InChI is InChI=1S/C15H14O2S/c1-18(17)15(13-10-6-3-7-11-13)14(16)12-8-4-2-5-9-12/h2-11,15H,1H3. The van der Waals surface area contributed by atoms with Crippen molar-refractivity contribution in [1.82, 2.24) is 0 Å². The highest BCUT2D eigenvalue weighted by atomic mass is 32.2. The van der Waals surface area contributed by atoms with Crippen LogP contribution in [0.2, 0.25) is 0 Å². The van der Waals surface area contributed by atoms with Crippen molar-refractivity contribution in [3.8, 4) is 0 Å². The van der Waals surface area contributed by atoms with Gasteiger partial charge in [0.25, 0.3) is 0 Å². The van der Waals surface area contributed by atoms with Gasteiger partial charge in [-0.15, -0.1) is 0 Å². The average Bonchev–Trinajstić information content (AvgIpc) is 2.40. The van der Waals surface area contributed by atoms with Crippen LogP contribution >= 0.6 is 0 Å². The van der Waals surface area contributed by atoms with Gasteiger partial charge in [0.05, 0.1) is 6.26 Å². The van der Waals surface area contributed by atoms with Gasteiger partial charge in [-0.05, 0) is 11.2 Å². The topological polar surface area (TPSA) is 40.1 Å². The zero-order chi connectivity index (χ0) is 13.0. The third-order valence-corrected chi connectivity index (χ3v) is 3.88. The van der Waals surface area contributed by atoms with Crippen molar-refractivity contribution in [2.75, 3.05) is 6.26 Å². The monoisotopic (exact) mass is 258 g/mol. The molecule has 0 heterocycles. The molecule has 2 nitrogen and oxygen atoms in total. The molecule has 2 rings (SSSR count). The van der Waals surface area contributed by atoms with Crippen LogP contribution in [0.1, 0.15) is 21.2 Å². The molecular formula is C15H14O2S. The van der Waals surface area contributed by atoms with Crippen molar-refractivity contribution in [3.63, 3.8) is 0 Å². The lowest BCUT2D eigenvalue weighted by atomic mass is 10.0. The second kappa shape index (κ2) is 5.85. The Labute approximate surface area is 110 Å². The number of carbonyl (C=O) groups excluding carboxylic acids is 1. The highest BCUT2D eigenvalue weighted by molar-refractivity contribution is 7.91. The molecule has 0 bridgehead atoms. The van der Waals surface area contributed by atoms with E-state index in [0.29, 0.717) is 5.56 Å². The first-order valence-corrected chi connectivity index (χ1v) is 7.28. The van der Waals surface area contributed by atoms with Crippen LogP contribution in [-0.2, 0) is 11.2 Å². The normalized spacial score (nSPS) is 13.9. The summed E-state index contributed by atoms with van der Waals surface area (Å²) in [5.74, 6) is -0.0948. The largest absolute Gasteiger partial charge is 0.616 e. The van der Waals surface area contributed by atoms with Crippen LogP contribution in [0.3, 0.4) is 0 Å². The van der Waals surface area contributed by atoms with Gasteiger partial charge in [0.1, 0.15) is 0 Å².